The number of ether oxygens (including phenoxy) is 2. The van der Waals surface area contributed by atoms with Crippen molar-refractivity contribution in [2.75, 3.05) is 18.0 Å². The molecule has 2 aliphatic heterocycles. The molecule has 224 valence electrons. The Labute approximate surface area is 243 Å². The van der Waals surface area contributed by atoms with Crippen LogP contribution in [0.4, 0.5) is 16.2 Å². The number of hydrogen-bond donors (Lipinski definition) is 3. The SMILES string of the molecule is CC(C)(C)OC(=O)N[C@@H](CCCNC(=O)CN1c2ccccc2C(C)(C)C12C=Cc1cc([N+](=O)[O-])ccc1O2)C(=O)O. The average molecular weight is 581 g/mol. The molecular weight excluding hydrogens is 544 g/mol. The highest BCUT2D eigenvalue weighted by Crippen LogP contribution is 2.54. The molecule has 4 rings (SSSR count). The molecule has 12 heteroatoms. The average Bonchev–Trinajstić information content (AvgIpc) is 3.07. The first-order chi connectivity index (χ1) is 19.6. The van der Waals surface area contributed by atoms with Crippen molar-refractivity contribution >= 4 is 35.4 Å². The predicted octanol–water partition coefficient (Wildman–Crippen LogP) is 4.37. The number of hydrogen-bond acceptors (Lipinski definition) is 8. The van der Waals surface area contributed by atoms with Gasteiger partial charge < -0.3 is 30.1 Å². The van der Waals surface area contributed by atoms with Gasteiger partial charge in [0.05, 0.1) is 10.3 Å². The second kappa shape index (κ2) is 11.3. The van der Waals surface area contributed by atoms with Crippen LogP contribution < -0.4 is 20.3 Å². The molecule has 0 saturated heterocycles. The zero-order chi connectivity index (χ0) is 30.9. The molecule has 1 unspecified atom stereocenters. The van der Waals surface area contributed by atoms with Crippen LogP contribution in [0.2, 0.25) is 0 Å². The van der Waals surface area contributed by atoms with E-state index in [4.69, 9.17) is 9.47 Å². The predicted molar refractivity (Wildman–Crippen MR) is 155 cm³/mol. The van der Waals surface area contributed by atoms with E-state index in [-0.39, 0.29) is 31.1 Å². The van der Waals surface area contributed by atoms with Crippen LogP contribution in [0, 0.1) is 10.1 Å². The van der Waals surface area contributed by atoms with Gasteiger partial charge in [-0.25, -0.2) is 9.59 Å². The number of fused-ring (bicyclic) bond motifs is 2. The summed E-state index contributed by atoms with van der Waals surface area (Å²) in [5, 5.41) is 26.0. The summed E-state index contributed by atoms with van der Waals surface area (Å²) in [6, 6.07) is 11.0. The quantitative estimate of drug-likeness (QED) is 0.222. The number of nitrogens with one attached hydrogen (secondary N) is 2. The Morgan fingerprint density at radius 2 is 1.88 bits per heavy atom. The van der Waals surface area contributed by atoms with Crippen molar-refractivity contribution in [3.8, 4) is 5.75 Å². The largest absolute Gasteiger partial charge is 0.480 e. The molecule has 1 spiro atoms. The van der Waals surface area contributed by atoms with Gasteiger partial charge in [0.15, 0.2) is 0 Å². The van der Waals surface area contributed by atoms with E-state index < -0.39 is 39.8 Å². The Morgan fingerprint density at radius 3 is 2.55 bits per heavy atom. The summed E-state index contributed by atoms with van der Waals surface area (Å²) < 4.78 is 11.7. The van der Waals surface area contributed by atoms with Crippen LogP contribution in [-0.4, -0.2) is 58.5 Å². The van der Waals surface area contributed by atoms with E-state index in [9.17, 15) is 29.6 Å². The standard InChI is InChI=1S/C30H36N4O8/c1-28(2,3)42-27(38)32-22(26(36)37)10-8-16-31-25(35)18-33-23-11-7-6-9-21(23)29(4,5)30(33)15-14-19-17-20(34(39)40)12-13-24(19)41-30/h6-7,9,11-15,17,22H,8,10,16,18H2,1-5H3,(H,31,35)(H,32,38)(H,36,37)/t22-,30?/m0/s1. The van der Waals surface area contributed by atoms with Crippen LogP contribution >= 0.6 is 0 Å². The molecule has 0 saturated carbocycles. The van der Waals surface area contributed by atoms with Crippen molar-refractivity contribution in [2.24, 2.45) is 0 Å². The summed E-state index contributed by atoms with van der Waals surface area (Å²) in [5.41, 5.74) is -0.150. The maximum Gasteiger partial charge on any atom is 0.408 e. The number of amides is 2. The third-order valence-corrected chi connectivity index (χ3v) is 7.41. The lowest BCUT2D eigenvalue weighted by atomic mass is 9.76. The molecule has 2 amide bonds. The van der Waals surface area contributed by atoms with E-state index in [0.29, 0.717) is 17.7 Å². The maximum absolute atomic E-state index is 13.2. The molecule has 2 atom stereocenters. The van der Waals surface area contributed by atoms with Crippen LogP contribution in [0.1, 0.15) is 58.6 Å². The van der Waals surface area contributed by atoms with Crippen molar-refractivity contribution in [1.82, 2.24) is 10.6 Å². The highest BCUT2D eigenvalue weighted by molar-refractivity contribution is 5.85. The number of carbonyl (C=O) groups is 3. The van der Waals surface area contributed by atoms with Crippen molar-refractivity contribution in [1.29, 1.82) is 0 Å². The highest BCUT2D eigenvalue weighted by atomic mass is 16.6. The number of nitro groups is 1. The van der Waals surface area contributed by atoms with Gasteiger partial charge >= 0.3 is 12.1 Å². The van der Waals surface area contributed by atoms with E-state index in [1.807, 2.05) is 49.1 Å². The molecule has 0 radical (unpaired) electrons. The first kappa shape index (κ1) is 30.4. The molecule has 42 heavy (non-hydrogen) atoms. The molecule has 2 aliphatic rings. The Morgan fingerprint density at radius 1 is 1.17 bits per heavy atom. The summed E-state index contributed by atoms with van der Waals surface area (Å²) in [6.07, 6.45) is 3.19. The molecule has 2 aromatic rings. The highest BCUT2D eigenvalue weighted by Gasteiger charge is 2.59. The molecule has 0 fully saturated rings. The van der Waals surface area contributed by atoms with Gasteiger partial charge in [0.2, 0.25) is 11.6 Å². The van der Waals surface area contributed by atoms with Gasteiger partial charge in [0, 0.05) is 29.9 Å². The van der Waals surface area contributed by atoms with Gasteiger partial charge in [-0.2, -0.15) is 0 Å². The first-order valence-electron chi connectivity index (χ1n) is 13.7. The number of nitrogens with zero attached hydrogens (tertiary/aromatic N) is 2. The molecule has 0 aliphatic carbocycles. The molecular formula is C30H36N4O8. The monoisotopic (exact) mass is 580 g/mol. The number of non-ortho nitro benzene ring substituents is 1. The maximum atomic E-state index is 13.2. The number of benzene rings is 2. The normalized spacial score (nSPS) is 18.8. The Kier molecular flexibility index (Phi) is 8.20. The van der Waals surface area contributed by atoms with Gasteiger partial charge in [-0.1, -0.05) is 18.2 Å². The lowest BCUT2D eigenvalue weighted by Gasteiger charge is -2.46. The minimum absolute atomic E-state index is 0.0467. The third kappa shape index (κ3) is 6.02. The van der Waals surface area contributed by atoms with Crippen LogP contribution in [0.15, 0.2) is 48.5 Å². The molecule has 2 aromatic carbocycles. The van der Waals surface area contributed by atoms with E-state index >= 15 is 0 Å². The topological polar surface area (TPSA) is 160 Å². The minimum atomic E-state index is -1.20. The lowest BCUT2D eigenvalue weighted by Crippen LogP contribution is -2.61. The van der Waals surface area contributed by atoms with Gasteiger partial charge in [0.25, 0.3) is 5.69 Å². The number of carboxylic acids is 1. The van der Waals surface area contributed by atoms with E-state index in [2.05, 4.69) is 10.6 Å². The van der Waals surface area contributed by atoms with Crippen molar-refractivity contribution in [3.05, 3.63) is 69.8 Å². The summed E-state index contributed by atoms with van der Waals surface area (Å²) in [6.45, 7) is 9.21. The van der Waals surface area contributed by atoms with Crippen LogP contribution in [0.25, 0.3) is 6.08 Å². The van der Waals surface area contributed by atoms with E-state index in [1.54, 1.807) is 32.9 Å². The number of alkyl carbamates (subject to hydrolysis) is 1. The van der Waals surface area contributed by atoms with Crippen molar-refractivity contribution in [3.63, 3.8) is 0 Å². The fraction of sp³-hybridized carbons (Fsp3) is 0.433. The molecule has 0 bridgehead atoms. The number of aliphatic carboxylic acids is 1. The smallest absolute Gasteiger partial charge is 0.408 e. The van der Waals surface area contributed by atoms with Crippen LogP contribution in [-0.2, 0) is 19.7 Å². The van der Waals surface area contributed by atoms with Crippen LogP contribution in [0.3, 0.4) is 0 Å². The summed E-state index contributed by atoms with van der Waals surface area (Å²) in [5.74, 6) is -1.04. The Hall–Kier alpha value is -4.61. The Bertz CT molecular complexity index is 1430. The number of para-hydroxylation sites is 1. The molecule has 3 N–H and O–H groups in total. The second-order valence-electron chi connectivity index (χ2n) is 11.9. The number of nitro benzene ring substituents is 1. The summed E-state index contributed by atoms with van der Waals surface area (Å²) in [4.78, 5) is 49.5. The Balaban J connectivity index is 1.46. The molecule has 2 heterocycles. The third-order valence-electron chi connectivity index (χ3n) is 7.41. The van der Waals surface area contributed by atoms with E-state index in [0.717, 1.165) is 11.3 Å². The van der Waals surface area contributed by atoms with Gasteiger partial charge in [0.1, 0.15) is 23.9 Å². The van der Waals surface area contributed by atoms with E-state index in [1.165, 1.54) is 12.1 Å². The lowest BCUT2D eigenvalue weighted by molar-refractivity contribution is -0.384. The number of carbonyl (C=O) groups excluding carboxylic acids is 2. The van der Waals surface area contributed by atoms with Gasteiger partial charge in [-0.05, 0) is 77.3 Å². The van der Waals surface area contributed by atoms with Gasteiger partial charge in [-0.3, -0.25) is 14.9 Å². The zero-order valence-corrected chi connectivity index (χ0v) is 24.3. The summed E-state index contributed by atoms with van der Waals surface area (Å²) >= 11 is 0. The zero-order valence-electron chi connectivity index (χ0n) is 24.3. The molecule has 0 aromatic heterocycles. The van der Waals surface area contributed by atoms with Crippen molar-refractivity contribution < 1.29 is 33.9 Å². The van der Waals surface area contributed by atoms with Crippen molar-refractivity contribution in [2.45, 2.75) is 70.2 Å². The van der Waals surface area contributed by atoms with Gasteiger partial charge in [-0.15, -0.1) is 0 Å². The first-order valence-corrected chi connectivity index (χ1v) is 13.7. The second-order valence-corrected chi connectivity index (χ2v) is 11.9. The number of anilines is 1. The van der Waals surface area contributed by atoms with Crippen LogP contribution in [0.5, 0.6) is 5.75 Å². The summed E-state index contributed by atoms with van der Waals surface area (Å²) in [7, 11) is 0. The molecule has 12 nitrogen and oxygen atoms in total. The minimum Gasteiger partial charge on any atom is -0.480 e. The fourth-order valence-corrected chi connectivity index (χ4v) is 5.35. The number of rotatable bonds is 9. The number of carboxylic acid groups (broad SMARTS) is 1. The fourth-order valence-electron chi connectivity index (χ4n) is 5.35.